The molecule has 430 valence electrons. The van der Waals surface area contributed by atoms with Crippen molar-refractivity contribution < 1.29 is 86.9 Å². The number of Topliss-reactive ketones (excluding diaryl/α,β-unsaturated/α-hetero) is 1. The normalized spacial score (nSPS) is 54.7. The molecule has 14 saturated heterocycles. The molecular formula is C59H86O18. The molecule has 18 nitrogen and oxygen atoms in total. The number of aliphatic carboxylic acids is 1. The van der Waals surface area contributed by atoms with Gasteiger partial charge in [-0.3, -0.25) is 9.59 Å². The Morgan fingerprint density at radius 3 is 2.23 bits per heavy atom. The average molecular weight is 1080 g/mol. The zero-order valence-corrected chi connectivity index (χ0v) is 45.4. The quantitative estimate of drug-likeness (QED) is 0.253. The predicted octanol–water partition coefficient (Wildman–Crippen LogP) is 5.41. The summed E-state index contributed by atoms with van der Waals surface area (Å²) in [5, 5.41) is 42.6. The number of hydrogen-bond donors (Lipinski definition) is 4. The lowest BCUT2D eigenvalue weighted by Gasteiger charge is -2.54. The number of rotatable bonds is 5. The first-order valence-electron chi connectivity index (χ1n) is 30.0. The molecule has 0 aliphatic carbocycles. The van der Waals surface area contributed by atoms with Crippen molar-refractivity contribution in [3.05, 3.63) is 24.3 Å². The van der Waals surface area contributed by atoms with Crippen molar-refractivity contribution in [3.8, 4) is 0 Å². The fourth-order valence-corrected chi connectivity index (χ4v) is 17.1. The first-order valence-corrected chi connectivity index (χ1v) is 30.0. The smallest absolute Gasteiger partial charge is 0.306 e. The van der Waals surface area contributed by atoms with Gasteiger partial charge in [0.2, 0.25) is 0 Å². The van der Waals surface area contributed by atoms with Crippen molar-refractivity contribution in [3.63, 3.8) is 0 Å². The highest BCUT2D eigenvalue weighted by atomic mass is 16.8. The minimum atomic E-state index is -1.02. The Balaban J connectivity index is 0.714. The van der Waals surface area contributed by atoms with Gasteiger partial charge in [0.05, 0.1) is 148 Å². The van der Waals surface area contributed by atoms with Gasteiger partial charge in [0.15, 0.2) is 11.6 Å². The van der Waals surface area contributed by atoms with Gasteiger partial charge in [0.25, 0.3) is 0 Å². The second-order valence-electron chi connectivity index (χ2n) is 26.4. The largest absolute Gasteiger partial charge is 0.481 e. The second kappa shape index (κ2) is 21.3. The highest BCUT2D eigenvalue weighted by Gasteiger charge is 2.68. The fourth-order valence-electron chi connectivity index (χ4n) is 17.1. The summed E-state index contributed by atoms with van der Waals surface area (Å²) in [6, 6.07) is 0. The van der Waals surface area contributed by atoms with E-state index in [1.54, 1.807) is 0 Å². The van der Waals surface area contributed by atoms with Crippen molar-refractivity contribution in [2.75, 3.05) is 13.2 Å². The minimum Gasteiger partial charge on any atom is -0.481 e. The standard InChI is InChI=1S/C59H86O18/c1-27-14-35-6-8-41-28(2)15-37(67-41)10-13-59-38(25-60)56(77-59)53-31(5)54(76-59)57-42(71-53)9-7-36(69-57)19-34(61)16-32-17-47-48(70-44(32)21-43(68-35)30(27)4)22-49-55(73-47)33(26-66-49)18-46-39(62)11-12-58(74-46)24-29(3)52-50(75-58)20-40(63)45(72-52)23-51(64)65/h27,29,31-33,35-50,52-57,60,62-63H,2,4,6-26H2,1,3,5H3,(H,64,65)/t27-,29+,31-,32-,33-,35+,36-,37+,38?,39+,40-,41+,42+,43-,44+,45-,46+,47?,48+,49-,50+,52+,53-,54-,55?,56?,57+,58-,59-/m1/s1. The highest BCUT2D eigenvalue weighted by molar-refractivity contribution is 5.79. The predicted molar refractivity (Wildman–Crippen MR) is 271 cm³/mol. The van der Waals surface area contributed by atoms with Crippen LogP contribution in [0.3, 0.4) is 0 Å². The van der Waals surface area contributed by atoms with E-state index in [2.05, 4.69) is 33.9 Å². The summed E-state index contributed by atoms with van der Waals surface area (Å²) in [6.07, 6.45) is 3.09. The molecule has 0 aromatic rings. The number of carboxylic acids is 1. The van der Waals surface area contributed by atoms with Crippen LogP contribution in [0.1, 0.15) is 143 Å². The van der Waals surface area contributed by atoms with Gasteiger partial charge in [-0.15, -0.1) is 0 Å². The maximum atomic E-state index is 14.7. The van der Waals surface area contributed by atoms with Crippen LogP contribution in [0.5, 0.6) is 0 Å². The van der Waals surface area contributed by atoms with Gasteiger partial charge in [-0.1, -0.05) is 33.9 Å². The molecule has 0 radical (unpaired) electrons. The molecule has 10 bridgehead atoms. The first kappa shape index (κ1) is 54.3. The van der Waals surface area contributed by atoms with E-state index in [-0.39, 0.29) is 165 Å². The zero-order chi connectivity index (χ0) is 53.2. The third-order valence-corrected chi connectivity index (χ3v) is 21.3. The molecule has 0 aromatic carbocycles. The highest BCUT2D eigenvalue weighted by Crippen LogP contribution is 2.56. The topological polar surface area (TPSA) is 226 Å². The molecular weight excluding hydrogens is 997 g/mol. The van der Waals surface area contributed by atoms with Gasteiger partial charge >= 0.3 is 5.97 Å². The van der Waals surface area contributed by atoms with Gasteiger partial charge in [0, 0.05) is 63.2 Å². The second-order valence-corrected chi connectivity index (χ2v) is 26.4. The van der Waals surface area contributed by atoms with Crippen molar-refractivity contribution in [1.29, 1.82) is 0 Å². The Hall–Kier alpha value is -1.98. The number of carboxylic acid groups (broad SMARTS) is 1. The summed E-state index contributed by atoms with van der Waals surface area (Å²) in [7, 11) is 0. The Bertz CT molecular complexity index is 2210. The van der Waals surface area contributed by atoms with Crippen molar-refractivity contribution in [2.24, 2.45) is 35.5 Å². The number of aliphatic hydroxyl groups excluding tert-OH is 3. The van der Waals surface area contributed by atoms with E-state index in [9.17, 15) is 30.0 Å². The van der Waals surface area contributed by atoms with Crippen molar-refractivity contribution >= 4 is 11.8 Å². The maximum Gasteiger partial charge on any atom is 0.306 e. The molecule has 14 aliphatic rings. The van der Waals surface area contributed by atoms with Crippen LogP contribution in [-0.2, 0) is 66.4 Å². The van der Waals surface area contributed by atoms with E-state index < -0.39 is 48.1 Å². The number of carbonyl (C=O) groups is 2. The molecule has 29 atom stereocenters. The third-order valence-electron chi connectivity index (χ3n) is 21.3. The van der Waals surface area contributed by atoms with E-state index in [1.807, 2.05) is 0 Å². The lowest BCUT2D eigenvalue weighted by atomic mass is 9.76. The number of hydrogen-bond acceptors (Lipinski definition) is 17. The van der Waals surface area contributed by atoms with Gasteiger partial charge in [0.1, 0.15) is 11.9 Å². The molecule has 14 aliphatic heterocycles. The van der Waals surface area contributed by atoms with Gasteiger partial charge in [-0.25, -0.2) is 0 Å². The molecule has 14 rings (SSSR count). The first-order chi connectivity index (χ1) is 37.0. The van der Waals surface area contributed by atoms with Gasteiger partial charge in [-0.05, 0) is 93.1 Å². The molecule has 0 aromatic heterocycles. The van der Waals surface area contributed by atoms with Crippen LogP contribution in [0.25, 0.3) is 0 Å². The maximum absolute atomic E-state index is 14.7. The van der Waals surface area contributed by atoms with E-state index in [1.165, 1.54) is 0 Å². The molecule has 0 amide bonds. The molecule has 14 fully saturated rings. The molecule has 4 unspecified atom stereocenters. The van der Waals surface area contributed by atoms with Gasteiger partial charge in [-0.2, -0.15) is 0 Å². The van der Waals surface area contributed by atoms with Crippen LogP contribution < -0.4 is 0 Å². The van der Waals surface area contributed by atoms with E-state index in [4.69, 9.17) is 56.8 Å². The van der Waals surface area contributed by atoms with Crippen LogP contribution >= 0.6 is 0 Å². The number of aliphatic hydroxyl groups is 3. The van der Waals surface area contributed by atoms with E-state index in [0.29, 0.717) is 77.2 Å². The fraction of sp³-hybridized carbons (Fsp3) is 0.898. The monoisotopic (exact) mass is 1080 g/mol. The summed E-state index contributed by atoms with van der Waals surface area (Å²) in [6.45, 7) is 15.9. The van der Waals surface area contributed by atoms with Gasteiger partial charge < -0.3 is 77.3 Å². The number of carbonyl (C=O) groups excluding carboxylic acids is 1. The van der Waals surface area contributed by atoms with Crippen LogP contribution in [0, 0.1) is 35.5 Å². The molecule has 2 spiro atoms. The molecule has 77 heavy (non-hydrogen) atoms. The molecule has 4 N–H and O–H groups in total. The summed E-state index contributed by atoms with van der Waals surface area (Å²) in [4.78, 5) is 26.2. The Morgan fingerprint density at radius 1 is 0.623 bits per heavy atom. The summed E-state index contributed by atoms with van der Waals surface area (Å²) in [5.74, 6) is -3.13. The number of fused-ring (bicyclic) bond motifs is 9. The van der Waals surface area contributed by atoms with Crippen LogP contribution in [-0.4, -0.2) is 185 Å². The molecule has 14 heterocycles. The molecule has 0 saturated carbocycles. The summed E-state index contributed by atoms with van der Waals surface area (Å²) in [5.41, 5.74) is 2.16. The Labute approximate surface area is 452 Å². The zero-order valence-electron chi connectivity index (χ0n) is 45.4. The summed E-state index contributed by atoms with van der Waals surface area (Å²) < 4.78 is 81.9. The average Bonchev–Trinajstić information content (AvgIpc) is 4.18. The van der Waals surface area contributed by atoms with Crippen LogP contribution in [0.15, 0.2) is 24.3 Å². The number of ether oxygens (including phenoxy) is 12. The SMILES string of the molecule is C=C1C[C@@H]2CC[C@@]34OC(C3CO)[C@@H]3O[C@H]5CC[C@H](CC(=O)C[C@@H]6CC7OC8[C@H](C[C@@H]9O[C@@]%10(CC[C@@H]9O)C[C@H](C)[C@@H]9O[C@H](CC(=O)O)[C@H](O)C[C@@H]9O%10)CO[C@@H]8C[C@@H]7O[C@H]6C[C@H]6O[C@@H](CC[C@@H]1O2)C[C@@H](C)C6=C)O[C@@H]5[C@H](O4)[C@@H]3C. The van der Waals surface area contributed by atoms with Crippen molar-refractivity contribution in [1.82, 2.24) is 0 Å². The third kappa shape index (κ3) is 10.2. The Morgan fingerprint density at radius 2 is 1.40 bits per heavy atom. The van der Waals surface area contributed by atoms with Crippen LogP contribution in [0.4, 0.5) is 0 Å². The Kier molecular flexibility index (Phi) is 15.0. The van der Waals surface area contributed by atoms with E-state index >= 15 is 0 Å². The van der Waals surface area contributed by atoms with E-state index in [0.717, 1.165) is 43.3 Å². The lowest BCUT2D eigenvalue weighted by molar-refractivity contribution is -0.396. The minimum absolute atomic E-state index is 0.000535. The summed E-state index contributed by atoms with van der Waals surface area (Å²) >= 11 is 0. The van der Waals surface area contributed by atoms with Crippen LogP contribution in [0.2, 0.25) is 0 Å². The lowest BCUT2D eigenvalue weighted by Crippen LogP contribution is -2.65. The number of ketones is 1. The van der Waals surface area contributed by atoms with Crippen molar-refractivity contribution in [2.45, 2.75) is 283 Å². The molecule has 18 heteroatoms.